The zero-order chi connectivity index (χ0) is 11.8. The Bertz CT molecular complexity index is 280. The first-order valence-corrected chi connectivity index (χ1v) is 6.41. The molecule has 0 fully saturated rings. The number of aryl methyl sites for hydroxylation is 2. The van der Waals surface area contributed by atoms with E-state index in [2.05, 4.69) is 35.8 Å². The molecule has 1 atom stereocenters. The van der Waals surface area contributed by atoms with Crippen LogP contribution in [0.3, 0.4) is 0 Å². The molecule has 0 amide bonds. The minimum Gasteiger partial charge on any atom is -0.338 e. The fraction of sp³-hybridized carbons (Fsp3) is 0.769. The van der Waals surface area contributed by atoms with Crippen LogP contribution < -0.4 is 5.32 Å². The molecule has 1 heterocycles. The van der Waals surface area contributed by atoms with Gasteiger partial charge in [0.05, 0.1) is 0 Å². The van der Waals surface area contributed by atoms with Crippen LogP contribution >= 0.6 is 0 Å². The van der Waals surface area contributed by atoms with Crippen molar-refractivity contribution in [3.63, 3.8) is 0 Å². The summed E-state index contributed by atoms with van der Waals surface area (Å²) in [6.07, 6.45) is 8.73. The van der Waals surface area contributed by atoms with Gasteiger partial charge in [-0.05, 0) is 38.3 Å². The summed E-state index contributed by atoms with van der Waals surface area (Å²) in [7, 11) is 2.06. The summed E-state index contributed by atoms with van der Waals surface area (Å²) in [4.78, 5) is 4.34. The van der Waals surface area contributed by atoms with Crippen LogP contribution in [0.25, 0.3) is 0 Å². The Morgan fingerprint density at radius 2 is 2.31 bits per heavy atom. The Balaban J connectivity index is 2.08. The first kappa shape index (κ1) is 13.2. The van der Waals surface area contributed by atoms with Gasteiger partial charge in [0, 0.05) is 25.9 Å². The van der Waals surface area contributed by atoms with Gasteiger partial charge in [0.25, 0.3) is 0 Å². The smallest absolute Gasteiger partial charge is 0.108 e. The number of nitrogens with zero attached hydrogens (tertiary/aromatic N) is 2. The minimum atomic E-state index is 0.770. The fourth-order valence-electron chi connectivity index (χ4n) is 1.87. The third-order valence-corrected chi connectivity index (χ3v) is 2.94. The number of hydrogen-bond acceptors (Lipinski definition) is 2. The van der Waals surface area contributed by atoms with Crippen LogP contribution in [0.15, 0.2) is 12.4 Å². The summed E-state index contributed by atoms with van der Waals surface area (Å²) in [5, 5.41) is 3.47. The highest BCUT2D eigenvalue weighted by Crippen LogP contribution is 2.08. The van der Waals surface area contributed by atoms with Gasteiger partial charge < -0.3 is 9.88 Å². The molecule has 92 valence electrons. The van der Waals surface area contributed by atoms with Gasteiger partial charge in [-0.2, -0.15) is 0 Å². The van der Waals surface area contributed by atoms with Crippen molar-refractivity contribution in [2.45, 2.75) is 39.5 Å². The normalized spacial score (nSPS) is 12.9. The predicted molar refractivity (Wildman–Crippen MR) is 68.5 cm³/mol. The van der Waals surface area contributed by atoms with Crippen LogP contribution in [0.5, 0.6) is 0 Å². The van der Waals surface area contributed by atoms with E-state index >= 15 is 0 Å². The molecule has 1 aromatic rings. The monoisotopic (exact) mass is 223 g/mol. The summed E-state index contributed by atoms with van der Waals surface area (Å²) in [5.74, 6) is 1.97. The van der Waals surface area contributed by atoms with Crippen LogP contribution in [-0.2, 0) is 13.5 Å². The molecule has 3 heteroatoms. The van der Waals surface area contributed by atoms with E-state index in [0.717, 1.165) is 25.4 Å². The van der Waals surface area contributed by atoms with Crippen LogP contribution in [0, 0.1) is 5.92 Å². The van der Waals surface area contributed by atoms with Gasteiger partial charge in [0.15, 0.2) is 0 Å². The number of rotatable bonds is 8. The maximum absolute atomic E-state index is 4.34. The topological polar surface area (TPSA) is 29.9 Å². The van der Waals surface area contributed by atoms with Gasteiger partial charge in [-0.25, -0.2) is 4.98 Å². The van der Waals surface area contributed by atoms with Crippen molar-refractivity contribution in [1.82, 2.24) is 14.9 Å². The van der Waals surface area contributed by atoms with Crippen molar-refractivity contribution in [1.29, 1.82) is 0 Å². The SMILES string of the molecule is CCCNCC(C)CCCc1nccn1C. The van der Waals surface area contributed by atoms with E-state index in [9.17, 15) is 0 Å². The van der Waals surface area contributed by atoms with E-state index in [1.807, 2.05) is 12.4 Å². The molecule has 0 aliphatic carbocycles. The molecule has 0 radical (unpaired) electrons. The third-order valence-electron chi connectivity index (χ3n) is 2.94. The highest BCUT2D eigenvalue weighted by molar-refractivity contribution is 4.90. The molecule has 1 N–H and O–H groups in total. The van der Waals surface area contributed by atoms with Gasteiger partial charge in [0.2, 0.25) is 0 Å². The second-order valence-corrected chi connectivity index (χ2v) is 4.66. The molecule has 0 saturated heterocycles. The summed E-state index contributed by atoms with van der Waals surface area (Å²) in [6.45, 7) is 6.82. The molecule has 3 nitrogen and oxygen atoms in total. The summed E-state index contributed by atoms with van der Waals surface area (Å²) in [5.41, 5.74) is 0. The fourth-order valence-corrected chi connectivity index (χ4v) is 1.87. The second kappa shape index (κ2) is 7.44. The Labute approximate surface area is 99.3 Å². The molecule has 0 aromatic carbocycles. The molecule has 0 saturated carbocycles. The van der Waals surface area contributed by atoms with E-state index in [4.69, 9.17) is 0 Å². The molecule has 1 unspecified atom stereocenters. The lowest BCUT2D eigenvalue weighted by Crippen LogP contribution is -2.21. The summed E-state index contributed by atoms with van der Waals surface area (Å²) >= 11 is 0. The van der Waals surface area contributed by atoms with Crippen LogP contribution in [0.4, 0.5) is 0 Å². The van der Waals surface area contributed by atoms with E-state index < -0.39 is 0 Å². The first-order chi connectivity index (χ1) is 7.74. The quantitative estimate of drug-likeness (QED) is 0.686. The van der Waals surface area contributed by atoms with E-state index in [-0.39, 0.29) is 0 Å². The largest absolute Gasteiger partial charge is 0.338 e. The van der Waals surface area contributed by atoms with Gasteiger partial charge in [-0.3, -0.25) is 0 Å². The minimum absolute atomic E-state index is 0.770. The molecule has 1 aromatic heterocycles. The van der Waals surface area contributed by atoms with Crippen molar-refractivity contribution < 1.29 is 0 Å². The molecular formula is C13H25N3. The average molecular weight is 223 g/mol. The standard InChI is InChI=1S/C13H25N3/c1-4-8-14-11-12(2)6-5-7-13-15-9-10-16(13)3/h9-10,12,14H,4-8,11H2,1-3H3. The maximum Gasteiger partial charge on any atom is 0.108 e. The lowest BCUT2D eigenvalue weighted by Gasteiger charge is -2.11. The Hall–Kier alpha value is -0.830. The molecule has 0 aliphatic rings. The zero-order valence-electron chi connectivity index (χ0n) is 10.9. The summed E-state index contributed by atoms with van der Waals surface area (Å²) < 4.78 is 2.11. The maximum atomic E-state index is 4.34. The van der Waals surface area contributed by atoms with Crippen LogP contribution in [0.2, 0.25) is 0 Å². The molecule has 1 rings (SSSR count). The lowest BCUT2D eigenvalue weighted by atomic mass is 10.0. The first-order valence-electron chi connectivity index (χ1n) is 6.41. The average Bonchev–Trinajstić information content (AvgIpc) is 2.65. The summed E-state index contributed by atoms with van der Waals surface area (Å²) in [6, 6.07) is 0. The van der Waals surface area contributed by atoms with Gasteiger partial charge in [-0.1, -0.05) is 13.8 Å². The number of aromatic nitrogens is 2. The van der Waals surface area contributed by atoms with Crippen LogP contribution in [-0.4, -0.2) is 22.6 Å². The third kappa shape index (κ3) is 4.79. The van der Waals surface area contributed by atoms with E-state index in [1.54, 1.807) is 0 Å². The van der Waals surface area contributed by atoms with Crippen LogP contribution in [0.1, 0.15) is 38.9 Å². The number of hydrogen-bond donors (Lipinski definition) is 1. The Kier molecular flexibility index (Phi) is 6.16. The number of imidazole rings is 1. The number of nitrogens with one attached hydrogen (secondary N) is 1. The van der Waals surface area contributed by atoms with Gasteiger partial charge in [0.1, 0.15) is 5.82 Å². The van der Waals surface area contributed by atoms with Crippen molar-refractivity contribution in [3.8, 4) is 0 Å². The van der Waals surface area contributed by atoms with Gasteiger partial charge >= 0.3 is 0 Å². The van der Waals surface area contributed by atoms with Crippen molar-refractivity contribution in [3.05, 3.63) is 18.2 Å². The predicted octanol–water partition coefficient (Wildman–Crippen LogP) is 2.38. The van der Waals surface area contributed by atoms with Crippen molar-refractivity contribution >= 4 is 0 Å². The van der Waals surface area contributed by atoms with Crippen molar-refractivity contribution in [2.24, 2.45) is 13.0 Å². The molecule has 0 spiro atoms. The van der Waals surface area contributed by atoms with E-state index in [0.29, 0.717) is 0 Å². The molecule has 0 bridgehead atoms. The van der Waals surface area contributed by atoms with Gasteiger partial charge in [-0.15, -0.1) is 0 Å². The highest BCUT2D eigenvalue weighted by Gasteiger charge is 2.03. The Morgan fingerprint density at radius 3 is 2.94 bits per heavy atom. The van der Waals surface area contributed by atoms with E-state index in [1.165, 1.54) is 25.1 Å². The molecule has 0 aliphatic heterocycles. The second-order valence-electron chi connectivity index (χ2n) is 4.66. The highest BCUT2D eigenvalue weighted by atomic mass is 15.0. The Morgan fingerprint density at radius 1 is 1.50 bits per heavy atom. The molecular weight excluding hydrogens is 198 g/mol. The molecule has 16 heavy (non-hydrogen) atoms. The zero-order valence-corrected chi connectivity index (χ0v) is 10.9. The van der Waals surface area contributed by atoms with Crippen molar-refractivity contribution in [2.75, 3.05) is 13.1 Å². The lowest BCUT2D eigenvalue weighted by molar-refractivity contribution is 0.463.